The smallest absolute Gasteiger partial charge is 0.287 e. The third kappa shape index (κ3) is 2.14. The molecule has 1 aliphatic heterocycles. The Bertz CT molecular complexity index is 487. The van der Waals surface area contributed by atoms with Crippen molar-refractivity contribution < 1.29 is 14.8 Å². The normalized spacial score (nSPS) is 21.5. The number of hydrogen-bond donors (Lipinski definition) is 1. The lowest BCUT2D eigenvalue weighted by Crippen LogP contribution is -2.46. The Hall–Kier alpha value is -1.14. The molecule has 1 aromatic carbocycles. The fraction of sp³-hybridized carbons (Fsp3) is 0.455. The van der Waals surface area contributed by atoms with Gasteiger partial charge in [0.05, 0.1) is 21.6 Å². The van der Waals surface area contributed by atoms with Gasteiger partial charge >= 0.3 is 0 Å². The van der Waals surface area contributed by atoms with Crippen LogP contribution in [0.25, 0.3) is 0 Å². The van der Waals surface area contributed by atoms with Gasteiger partial charge in [0, 0.05) is 6.42 Å². The minimum absolute atomic E-state index is 0.0315. The highest BCUT2D eigenvalue weighted by Gasteiger charge is 2.36. The fourth-order valence-electron chi connectivity index (χ4n) is 1.78. The van der Waals surface area contributed by atoms with Crippen molar-refractivity contribution in [1.82, 2.24) is 0 Å². The maximum Gasteiger partial charge on any atom is 0.287 e. The van der Waals surface area contributed by atoms with E-state index in [9.17, 15) is 15.2 Å². The summed E-state index contributed by atoms with van der Waals surface area (Å²) in [4.78, 5) is 10.3. The van der Waals surface area contributed by atoms with E-state index >= 15 is 0 Å². The lowest BCUT2D eigenvalue weighted by atomic mass is 9.91. The molecule has 2 rings (SSSR count). The number of aliphatic hydroxyl groups excluding tert-OH is 1. The summed E-state index contributed by atoms with van der Waals surface area (Å²) in [6, 6.07) is 3.03. The monoisotopic (exact) mass is 301 g/mol. The van der Waals surface area contributed by atoms with E-state index in [0.29, 0.717) is 16.6 Å². The van der Waals surface area contributed by atoms with E-state index in [1.54, 1.807) is 19.9 Å². The first-order valence-electron chi connectivity index (χ1n) is 5.15. The van der Waals surface area contributed by atoms with Crippen LogP contribution in [0.4, 0.5) is 5.69 Å². The lowest BCUT2D eigenvalue weighted by molar-refractivity contribution is -0.385. The fourth-order valence-corrected chi connectivity index (χ4v) is 2.32. The van der Waals surface area contributed by atoms with Crippen LogP contribution in [0.15, 0.2) is 16.6 Å². The molecule has 0 saturated heterocycles. The van der Waals surface area contributed by atoms with Crippen LogP contribution in [0.2, 0.25) is 0 Å². The highest BCUT2D eigenvalue weighted by atomic mass is 79.9. The second kappa shape index (κ2) is 3.96. The van der Waals surface area contributed by atoms with Gasteiger partial charge in [-0.05, 0) is 41.4 Å². The molecule has 0 amide bonds. The molecule has 17 heavy (non-hydrogen) atoms. The zero-order valence-electron chi connectivity index (χ0n) is 9.44. The summed E-state index contributed by atoms with van der Waals surface area (Å²) in [5, 5.41) is 20.7. The molecule has 1 aliphatic rings. The highest BCUT2D eigenvalue weighted by Crippen LogP contribution is 2.39. The molecular weight excluding hydrogens is 290 g/mol. The Morgan fingerprint density at radius 3 is 2.82 bits per heavy atom. The largest absolute Gasteiger partial charge is 0.485 e. The molecule has 92 valence electrons. The molecule has 0 aliphatic carbocycles. The van der Waals surface area contributed by atoms with Gasteiger partial charge in [0.1, 0.15) is 11.4 Å². The van der Waals surface area contributed by atoms with Crippen molar-refractivity contribution in [2.24, 2.45) is 0 Å². The van der Waals surface area contributed by atoms with Crippen LogP contribution in [0.3, 0.4) is 0 Å². The van der Waals surface area contributed by atoms with Gasteiger partial charge in [-0.1, -0.05) is 0 Å². The third-order valence-corrected chi connectivity index (χ3v) is 3.55. The van der Waals surface area contributed by atoms with E-state index < -0.39 is 16.6 Å². The van der Waals surface area contributed by atoms with Crippen LogP contribution in [-0.4, -0.2) is 21.7 Å². The first-order valence-corrected chi connectivity index (χ1v) is 5.94. The summed E-state index contributed by atoms with van der Waals surface area (Å²) in [5.74, 6) is 0.468. The second-order valence-corrected chi connectivity index (χ2v) is 5.45. The van der Waals surface area contributed by atoms with E-state index in [1.807, 2.05) is 0 Å². The Kier molecular flexibility index (Phi) is 2.87. The second-order valence-electron chi connectivity index (χ2n) is 4.59. The van der Waals surface area contributed by atoms with Crippen molar-refractivity contribution in [2.45, 2.75) is 32.0 Å². The number of rotatable bonds is 1. The van der Waals surface area contributed by atoms with Crippen molar-refractivity contribution in [1.29, 1.82) is 0 Å². The Balaban J connectivity index is 2.50. The molecule has 5 nitrogen and oxygen atoms in total. The number of aliphatic hydroxyl groups is 1. The zero-order valence-corrected chi connectivity index (χ0v) is 11.0. The highest BCUT2D eigenvalue weighted by molar-refractivity contribution is 9.10. The first kappa shape index (κ1) is 12.3. The third-order valence-electron chi connectivity index (χ3n) is 2.92. The van der Waals surface area contributed by atoms with E-state index in [1.165, 1.54) is 6.07 Å². The van der Waals surface area contributed by atoms with Crippen molar-refractivity contribution in [3.8, 4) is 5.75 Å². The zero-order chi connectivity index (χ0) is 12.8. The molecule has 6 heteroatoms. The minimum Gasteiger partial charge on any atom is -0.485 e. The van der Waals surface area contributed by atoms with Gasteiger partial charge in [0.2, 0.25) is 0 Å². The SMILES string of the molecule is CC1(C)Oc2cc([N+](=O)[O-])c(Br)cc2CC1O. The number of nitro benzene ring substituents is 1. The van der Waals surface area contributed by atoms with Crippen LogP contribution in [0, 0.1) is 10.1 Å². The average Bonchev–Trinajstić information content (AvgIpc) is 2.19. The number of halogens is 1. The van der Waals surface area contributed by atoms with Gasteiger partial charge in [-0.25, -0.2) is 0 Å². The van der Waals surface area contributed by atoms with E-state index in [4.69, 9.17) is 4.74 Å². The van der Waals surface area contributed by atoms with Gasteiger partial charge < -0.3 is 9.84 Å². The molecule has 1 heterocycles. The molecule has 0 aromatic heterocycles. The average molecular weight is 302 g/mol. The van der Waals surface area contributed by atoms with Gasteiger partial charge in [0.15, 0.2) is 0 Å². The molecule has 1 unspecified atom stereocenters. The van der Waals surface area contributed by atoms with E-state index in [-0.39, 0.29) is 5.69 Å². The summed E-state index contributed by atoms with van der Waals surface area (Å²) < 4.78 is 6.00. The summed E-state index contributed by atoms with van der Waals surface area (Å²) >= 11 is 3.15. The van der Waals surface area contributed by atoms with Crippen LogP contribution in [0.1, 0.15) is 19.4 Å². The summed E-state index contributed by atoms with van der Waals surface area (Å²) in [5.41, 5.74) is 0.0135. The predicted octanol–water partition coefficient (Wildman–Crippen LogP) is 2.43. The van der Waals surface area contributed by atoms with Crippen LogP contribution in [0.5, 0.6) is 5.75 Å². The number of fused-ring (bicyclic) bond motifs is 1. The van der Waals surface area contributed by atoms with Crippen molar-refractivity contribution in [3.05, 3.63) is 32.3 Å². The first-order chi connectivity index (χ1) is 7.81. The molecule has 0 radical (unpaired) electrons. The number of benzene rings is 1. The Morgan fingerprint density at radius 2 is 2.24 bits per heavy atom. The van der Waals surface area contributed by atoms with E-state index in [0.717, 1.165) is 5.56 Å². The van der Waals surface area contributed by atoms with Gasteiger partial charge in [-0.2, -0.15) is 0 Å². The number of hydrogen-bond acceptors (Lipinski definition) is 4. The summed E-state index contributed by atoms with van der Waals surface area (Å²) in [6.07, 6.45) is -0.192. The quantitative estimate of drug-likeness (QED) is 0.639. The Labute approximate surface area is 107 Å². The van der Waals surface area contributed by atoms with Crippen LogP contribution >= 0.6 is 15.9 Å². The summed E-state index contributed by atoms with van der Waals surface area (Å²) in [7, 11) is 0. The van der Waals surface area contributed by atoms with Crippen LogP contribution in [-0.2, 0) is 6.42 Å². The Morgan fingerprint density at radius 1 is 1.59 bits per heavy atom. The maximum absolute atomic E-state index is 10.8. The number of nitro groups is 1. The lowest BCUT2D eigenvalue weighted by Gasteiger charge is -2.36. The minimum atomic E-state index is -0.727. The molecule has 1 aromatic rings. The molecule has 0 spiro atoms. The van der Waals surface area contributed by atoms with Gasteiger partial charge in [-0.15, -0.1) is 0 Å². The van der Waals surface area contributed by atoms with Crippen molar-refractivity contribution >= 4 is 21.6 Å². The number of ether oxygens (including phenoxy) is 1. The maximum atomic E-state index is 10.8. The molecular formula is C11H12BrNO4. The van der Waals surface area contributed by atoms with Gasteiger partial charge in [0.25, 0.3) is 5.69 Å². The van der Waals surface area contributed by atoms with Gasteiger partial charge in [-0.3, -0.25) is 10.1 Å². The van der Waals surface area contributed by atoms with Crippen molar-refractivity contribution in [3.63, 3.8) is 0 Å². The molecule has 0 bridgehead atoms. The number of nitrogens with zero attached hydrogens (tertiary/aromatic N) is 1. The van der Waals surface area contributed by atoms with Crippen molar-refractivity contribution in [2.75, 3.05) is 0 Å². The molecule has 0 saturated carbocycles. The summed E-state index contributed by atoms with van der Waals surface area (Å²) in [6.45, 7) is 3.52. The van der Waals surface area contributed by atoms with Crippen LogP contribution < -0.4 is 4.74 Å². The molecule has 0 fully saturated rings. The standard InChI is InChI=1S/C11H12BrNO4/c1-11(2)10(14)4-6-3-7(12)8(13(15)16)5-9(6)17-11/h3,5,10,14H,4H2,1-2H3. The molecule has 1 N–H and O–H groups in total. The molecule has 1 atom stereocenters. The van der Waals surface area contributed by atoms with E-state index in [2.05, 4.69) is 15.9 Å². The predicted molar refractivity (Wildman–Crippen MR) is 65.2 cm³/mol. The topological polar surface area (TPSA) is 72.6 Å².